The molecule has 0 aromatic rings. The van der Waals surface area contributed by atoms with Crippen LogP contribution in [0, 0.1) is 5.92 Å². The third-order valence-electron chi connectivity index (χ3n) is 2.92. The first-order valence-electron chi connectivity index (χ1n) is 5.81. The maximum absolute atomic E-state index is 11.7. The van der Waals surface area contributed by atoms with E-state index in [4.69, 9.17) is 10.8 Å². The minimum atomic E-state index is 0.0797. The predicted octanol–water partition coefficient (Wildman–Crippen LogP) is 0.345. The van der Waals surface area contributed by atoms with Crippen molar-refractivity contribution >= 4 is 5.91 Å². The van der Waals surface area contributed by atoms with Crippen LogP contribution in [0.15, 0.2) is 0 Å². The van der Waals surface area contributed by atoms with E-state index in [2.05, 4.69) is 0 Å². The molecule has 0 aliphatic carbocycles. The van der Waals surface area contributed by atoms with Crippen molar-refractivity contribution in [3.8, 4) is 0 Å². The first-order valence-corrected chi connectivity index (χ1v) is 5.81. The molecule has 4 nitrogen and oxygen atoms in total. The molecule has 0 aromatic carbocycles. The lowest BCUT2D eigenvalue weighted by Crippen LogP contribution is -2.49. The van der Waals surface area contributed by atoms with Gasteiger partial charge in [-0.25, -0.2) is 0 Å². The van der Waals surface area contributed by atoms with Gasteiger partial charge in [0, 0.05) is 32.2 Å². The van der Waals surface area contributed by atoms with Crippen LogP contribution in [0.2, 0.25) is 0 Å². The summed E-state index contributed by atoms with van der Waals surface area (Å²) >= 11 is 0. The van der Waals surface area contributed by atoms with Crippen LogP contribution in [0.25, 0.3) is 0 Å². The van der Waals surface area contributed by atoms with Gasteiger partial charge in [-0.15, -0.1) is 0 Å². The molecule has 1 amide bonds. The highest BCUT2D eigenvalue weighted by Crippen LogP contribution is 2.19. The lowest BCUT2D eigenvalue weighted by atomic mass is 9.92. The van der Waals surface area contributed by atoms with Gasteiger partial charge in [-0.2, -0.15) is 0 Å². The average Bonchev–Trinajstić information content (AvgIpc) is 2.17. The quantitative estimate of drug-likeness (QED) is 0.709. The third kappa shape index (κ3) is 3.80. The van der Waals surface area contributed by atoms with Gasteiger partial charge in [0.2, 0.25) is 5.91 Å². The maximum atomic E-state index is 11.7. The Morgan fingerprint density at radius 2 is 2.27 bits per heavy atom. The van der Waals surface area contributed by atoms with Crippen molar-refractivity contribution in [2.45, 2.75) is 38.6 Å². The largest absolute Gasteiger partial charge is 0.396 e. The molecule has 0 saturated carbocycles. The summed E-state index contributed by atoms with van der Waals surface area (Å²) in [6.07, 6.45) is 3.17. The molecule has 0 spiro atoms. The smallest absolute Gasteiger partial charge is 0.222 e. The van der Waals surface area contributed by atoms with Gasteiger partial charge in [-0.1, -0.05) is 6.92 Å². The Labute approximate surface area is 91.4 Å². The van der Waals surface area contributed by atoms with Gasteiger partial charge in [-0.05, 0) is 25.2 Å². The van der Waals surface area contributed by atoms with Gasteiger partial charge in [-0.3, -0.25) is 4.79 Å². The van der Waals surface area contributed by atoms with Crippen molar-refractivity contribution in [2.75, 3.05) is 19.7 Å². The van der Waals surface area contributed by atoms with Gasteiger partial charge < -0.3 is 15.7 Å². The van der Waals surface area contributed by atoms with Crippen molar-refractivity contribution in [3.05, 3.63) is 0 Å². The van der Waals surface area contributed by atoms with Gasteiger partial charge >= 0.3 is 0 Å². The van der Waals surface area contributed by atoms with Crippen molar-refractivity contribution in [2.24, 2.45) is 11.7 Å². The van der Waals surface area contributed by atoms with E-state index in [-0.39, 0.29) is 18.6 Å². The number of amides is 1. The van der Waals surface area contributed by atoms with E-state index in [0.717, 1.165) is 25.8 Å². The number of carbonyl (C=O) groups excluding carboxylic acids is 1. The number of rotatable bonds is 4. The maximum Gasteiger partial charge on any atom is 0.222 e. The Hall–Kier alpha value is -0.610. The van der Waals surface area contributed by atoms with E-state index >= 15 is 0 Å². The van der Waals surface area contributed by atoms with E-state index in [1.165, 1.54) is 0 Å². The number of aliphatic hydroxyl groups is 1. The Morgan fingerprint density at radius 1 is 1.53 bits per heavy atom. The van der Waals surface area contributed by atoms with Gasteiger partial charge in [0.1, 0.15) is 0 Å². The highest BCUT2D eigenvalue weighted by molar-refractivity contribution is 5.76. The van der Waals surface area contributed by atoms with Crippen LogP contribution >= 0.6 is 0 Å². The zero-order chi connectivity index (χ0) is 11.3. The summed E-state index contributed by atoms with van der Waals surface area (Å²) in [7, 11) is 0. The van der Waals surface area contributed by atoms with Gasteiger partial charge in [0.15, 0.2) is 0 Å². The monoisotopic (exact) mass is 214 g/mol. The number of nitrogens with zero attached hydrogens (tertiary/aromatic N) is 1. The number of aliphatic hydroxyl groups excluding tert-OH is 1. The van der Waals surface area contributed by atoms with Crippen molar-refractivity contribution in [1.82, 2.24) is 4.90 Å². The number of carbonyl (C=O) groups is 1. The van der Waals surface area contributed by atoms with Crippen molar-refractivity contribution in [1.29, 1.82) is 0 Å². The predicted molar refractivity (Wildman–Crippen MR) is 59.3 cm³/mol. The molecule has 0 aromatic heterocycles. The number of piperidine rings is 1. The summed E-state index contributed by atoms with van der Waals surface area (Å²) in [5.41, 5.74) is 5.90. The molecule has 1 aliphatic rings. The summed E-state index contributed by atoms with van der Waals surface area (Å²) in [5.74, 6) is 0.579. The molecule has 2 unspecified atom stereocenters. The molecular formula is C11H22N2O2. The zero-order valence-corrected chi connectivity index (χ0v) is 9.48. The van der Waals surface area contributed by atoms with Crippen LogP contribution in [-0.4, -0.2) is 41.7 Å². The molecular weight excluding hydrogens is 192 g/mol. The van der Waals surface area contributed by atoms with E-state index in [1.54, 1.807) is 0 Å². The molecule has 4 heteroatoms. The molecule has 1 saturated heterocycles. The summed E-state index contributed by atoms with van der Waals surface area (Å²) in [6, 6.07) is 0.0797. The minimum absolute atomic E-state index is 0.0797. The lowest BCUT2D eigenvalue weighted by Gasteiger charge is -2.36. The molecule has 15 heavy (non-hydrogen) atoms. The molecule has 1 heterocycles. The van der Waals surface area contributed by atoms with E-state index in [0.29, 0.717) is 18.9 Å². The summed E-state index contributed by atoms with van der Waals surface area (Å²) in [6.45, 7) is 3.65. The highest BCUT2D eigenvalue weighted by Gasteiger charge is 2.27. The van der Waals surface area contributed by atoms with Crippen LogP contribution in [-0.2, 0) is 4.79 Å². The second-order valence-electron chi connectivity index (χ2n) is 4.42. The Kier molecular flexibility index (Phi) is 5.05. The topological polar surface area (TPSA) is 66.6 Å². The van der Waals surface area contributed by atoms with Crippen molar-refractivity contribution < 1.29 is 9.90 Å². The molecule has 1 aliphatic heterocycles. The molecule has 1 rings (SSSR count). The first kappa shape index (κ1) is 12.5. The van der Waals surface area contributed by atoms with E-state index in [9.17, 15) is 4.79 Å². The van der Waals surface area contributed by atoms with E-state index < -0.39 is 0 Å². The number of hydrogen-bond acceptors (Lipinski definition) is 3. The second-order valence-corrected chi connectivity index (χ2v) is 4.42. The zero-order valence-electron chi connectivity index (χ0n) is 9.48. The summed E-state index contributed by atoms with van der Waals surface area (Å²) < 4.78 is 0. The second kappa shape index (κ2) is 6.08. The Balaban J connectivity index is 2.47. The van der Waals surface area contributed by atoms with E-state index in [1.807, 2.05) is 11.8 Å². The molecule has 1 fully saturated rings. The normalized spacial score (nSPS) is 26.7. The lowest BCUT2D eigenvalue weighted by molar-refractivity contribution is -0.133. The number of nitrogens with two attached hydrogens (primary N) is 1. The summed E-state index contributed by atoms with van der Waals surface area (Å²) in [4.78, 5) is 13.6. The van der Waals surface area contributed by atoms with Gasteiger partial charge in [0.25, 0.3) is 0 Å². The Bertz CT molecular complexity index is 209. The average molecular weight is 214 g/mol. The fourth-order valence-electron chi connectivity index (χ4n) is 2.21. The van der Waals surface area contributed by atoms with Crippen LogP contribution in [0.4, 0.5) is 0 Å². The standard InChI is InChI=1S/C11H22N2O2/c1-2-3-11(15)13-7-9(4-5-14)6-10(12)8-13/h9-10,14H,2-8,12H2,1H3. The molecule has 88 valence electrons. The Morgan fingerprint density at radius 3 is 2.87 bits per heavy atom. The summed E-state index contributed by atoms with van der Waals surface area (Å²) in [5, 5.41) is 8.89. The minimum Gasteiger partial charge on any atom is -0.396 e. The molecule has 0 bridgehead atoms. The number of hydrogen-bond donors (Lipinski definition) is 2. The highest BCUT2D eigenvalue weighted by atomic mass is 16.3. The fourth-order valence-corrected chi connectivity index (χ4v) is 2.21. The SMILES string of the molecule is CCCC(=O)N1CC(N)CC(CCO)C1. The fraction of sp³-hybridized carbons (Fsp3) is 0.909. The van der Waals surface area contributed by atoms with Crippen molar-refractivity contribution in [3.63, 3.8) is 0 Å². The molecule has 3 N–H and O–H groups in total. The first-order chi connectivity index (χ1) is 7.17. The number of likely N-dealkylation sites (tertiary alicyclic amines) is 1. The third-order valence-corrected chi connectivity index (χ3v) is 2.92. The van der Waals surface area contributed by atoms with Crippen LogP contribution < -0.4 is 5.73 Å². The van der Waals surface area contributed by atoms with Crippen LogP contribution in [0.3, 0.4) is 0 Å². The molecule has 2 atom stereocenters. The molecule has 0 radical (unpaired) electrons. The van der Waals surface area contributed by atoms with Crippen LogP contribution in [0.5, 0.6) is 0 Å². The van der Waals surface area contributed by atoms with Crippen LogP contribution in [0.1, 0.15) is 32.6 Å². The van der Waals surface area contributed by atoms with Gasteiger partial charge in [0.05, 0.1) is 0 Å².